The molecule has 104 valence electrons. The van der Waals surface area contributed by atoms with Gasteiger partial charge in [0, 0.05) is 16.6 Å². The molecular weight excluding hydrogens is 314 g/mol. The van der Waals surface area contributed by atoms with Gasteiger partial charge in [0.05, 0.1) is 17.1 Å². The molecule has 0 aromatic heterocycles. The molecule has 0 heterocycles. The summed E-state index contributed by atoms with van der Waals surface area (Å²) in [4.78, 5) is 22.0. The van der Waals surface area contributed by atoms with Crippen LogP contribution in [0, 0.1) is 15.5 Å². The summed E-state index contributed by atoms with van der Waals surface area (Å²) < 4.78 is 5.61. The van der Waals surface area contributed by atoms with Gasteiger partial charge in [0.15, 0.2) is 0 Å². The molecule has 0 fully saturated rings. The van der Waals surface area contributed by atoms with Gasteiger partial charge in [-0.2, -0.15) is 0 Å². The van der Waals surface area contributed by atoms with Crippen LogP contribution in [0.5, 0.6) is 0 Å². The summed E-state index contributed by atoms with van der Waals surface area (Å²) >= 11 is 3.19. The Labute approximate surface area is 120 Å². The van der Waals surface area contributed by atoms with E-state index in [4.69, 9.17) is 4.74 Å². The molecule has 0 saturated carbocycles. The summed E-state index contributed by atoms with van der Waals surface area (Å²) in [5.41, 5.74) is 0.106. The van der Waals surface area contributed by atoms with E-state index in [2.05, 4.69) is 15.9 Å². The molecule has 0 unspecified atom stereocenters. The molecule has 0 aliphatic rings. The third-order valence-electron chi connectivity index (χ3n) is 2.47. The molecule has 5 nitrogen and oxygen atoms in total. The molecule has 0 radical (unpaired) electrons. The Hall–Kier alpha value is -1.43. The van der Waals surface area contributed by atoms with Crippen molar-refractivity contribution < 1.29 is 14.5 Å². The monoisotopic (exact) mass is 329 g/mol. The van der Waals surface area contributed by atoms with Crippen LogP contribution in [-0.4, -0.2) is 17.5 Å². The van der Waals surface area contributed by atoms with E-state index in [1.165, 1.54) is 18.2 Å². The van der Waals surface area contributed by atoms with E-state index in [0.29, 0.717) is 4.47 Å². The van der Waals surface area contributed by atoms with Gasteiger partial charge >= 0.3 is 5.97 Å². The van der Waals surface area contributed by atoms with Crippen molar-refractivity contribution in [1.29, 1.82) is 0 Å². The number of halogens is 1. The highest BCUT2D eigenvalue weighted by Crippen LogP contribution is 2.24. The summed E-state index contributed by atoms with van der Waals surface area (Å²) in [7, 11) is 0. The standard InChI is InChI=1S/C13H16BrNO4/c1-13(2,3)6-7-19-12(16)10-8-9(15(17)18)4-5-11(10)14/h4-5,8H,6-7H2,1-3H3. The second-order valence-corrected chi connectivity index (χ2v) is 6.22. The first-order valence-corrected chi connectivity index (χ1v) is 6.61. The Morgan fingerprint density at radius 2 is 2.05 bits per heavy atom. The number of rotatable bonds is 4. The zero-order valence-electron chi connectivity index (χ0n) is 11.1. The number of ether oxygens (including phenoxy) is 1. The molecule has 1 aromatic carbocycles. The van der Waals surface area contributed by atoms with Gasteiger partial charge in [-0.3, -0.25) is 10.1 Å². The highest BCUT2D eigenvalue weighted by molar-refractivity contribution is 9.10. The smallest absolute Gasteiger partial charge is 0.339 e. The second-order valence-electron chi connectivity index (χ2n) is 5.37. The quantitative estimate of drug-likeness (QED) is 0.476. The van der Waals surface area contributed by atoms with Crippen LogP contribution in [-0.2, 0) is 4.74 Å². The van der Waals surface area contributed by atoms with E-state index in [1.807, 2.05) is 20.8 Å². The lowest BCUT2D eigenvalue weighted by molar-refractivity contribution is -0.384. The number of non-ortho nitro benzene ring substituents is 1. The number of nitrogens with zero attached hydrogens (tertiary/aromatic N) is 1. The molecule has 0 aliphatic heterocycles. The van der Waals surface area contributed by atoms with Crippen LogP contribution >= 0.6 is 15.9 Å². The molecule has 0 aliphatic carbocycles. The third kappa shape index (κ3) is 4.98. The van der Waals surface area contributed by atoms with Gasteiger partial charge < -0.3 is 4.74 Å². The lowest BCUT2D eigenvalue weighted by Gasteiger charge is -2.17. The van der Waals surface area contributed by atoms with E-state index in [1.54, 1.807) is 0 Å². The first-order chi connectivity index (χ1) is 8.70. The SMILES string of the molecule is CC(C)(C)CCOC(=O)c1cc([N+](=O)[O-])ccc1Br. The van der Waals surface area contributed by atoms with Crippen molar-refractivity contribution in [1.82, 2.24) is 0 Å². The first-order valence-electron chi connectivity index (χ1n) is 5.82. The molecular formula is C13H16BrNO4. The summed E-state index contributed by atoms with van der Waals surface area (Å²) in [6.45, 7) is 6.43. The highest BCUT2D eigenvalue weighted by Gasteiger charge is 2.18. The Bertz CT molecular complexity index is 494. The van der Waals surface area contributed by atoms with Gasteiger partial charge in [0.25, 0.3) is 5.69 Å². The minimum absolute atomic E-state index is 0.0696. The second kappa shape index (κ2) is 6.14. The van der Waals surface area contributed by atoms with Crippen molar-refractivity contribution in [2.45, 2.75) is 27.2 Å². The molecule has 0 bridgehead atoms. The van der Waals surface area contributed by atoms with Gasteiger partial charge in [-0.05, 0) is 33.8 Å². The maximum absolute atomic E-state index is 11.9. The summed E-state index contributed by atoms with van der Waals surface area (Å²) in [6.07, 6.45) is 0.727. The molecule has 1 rings (SSSR count). The van der Waals surface area contributed by atoms with Crippen LogP contribution in [0.25, 0.3) is 0 Å². The first kappa shape index (κ1) is 15.6. The lowest BCUT2D eigenvalue weighted by atomic mass is 9.93. The molecule has 0 spiro atoms. The third-order valence-corrected chi connectivity index (χ3v) is 3.16. The topological polar surface area (TPSA) is 69.4 Å². The normalized spacial score (nSPS) is 11.2. The molecule has 0 amide bonds. The van der Waals surface area contributed by atoms with Crippen LogP contribution in [0.2, 0.25) is 0 Å². The number of benzene rings is 1. The average molecular weight is 330 g/mol. The van der Waals surface area contributed by atoms with E-state index < -0.39 is 10.9 Å². The molecule has 1 aromatic rings. The molecule has 0 N–H and O–H groups in total. The van der Waals surface area contributed by atoms with Crippen LogP contribution in [0.1, 0.15) is 37.6 Å². The number of esters is 1. The Kier molecular flexibility index (Phi) is 5.05. The predicted molar refractivity (Wildman–Crippen MR) is 75.2 cm³/mol. The molecule has 6 heteroatoms. The molecule has 0 atom stereocenters. The van der Waals surface area contributed by atoms with Crippen molar-refractivity contribution in [3.8, 4) is 0 Å². The summed E-state index contributed by atoms with van der Waals surface area (Å²) in [6, 6.07) is 4.01. The number of hydrogen-bond acceptors (Lipinski definition) is 4. The fourth-order valence-corrected chi connectivity index (χ4v) is 1.72. The fourth-order valence-electron chi connectivity index (χ4n) is 1.31. The number of hydrogen-bond donors (Lipinski definition) is 0. The van der Waals surface area contributed by atoms with Crippen LogP contribution in [0.4, 0.5) is 5.69 Å². The van der Waals surface area contributed by atoms with Gasteiger partial charge in [-0.25, -0.2) is 4.79 Å². The summed E-state index contributed by atoms with van der Waals surface area (Å²) in [5.74, 6) is -0.556. The average Bonchev–Trinajstić information content (AvgIpc) is 2.27. The largest absolute Gasteiger partial charge is 0.462 e. The van der Waals surface area contributed by atoms with Crippen LogP contribution in [0.3, 0.4) is 0 Å². The zero-order chi connectivity index (χ0) is 14.6. The zero-order valence-corrected chi connectivity index (χ0v) is 12.7. The molecule has 0 saturated heterocycles. The van der Waals surface area contributed by atoms with Gasteiger partial charge in [-0.15, -0.1) is 0 Å². The number of nitro benzene ring substituents is 1. The van der Waals surface area contributed by atoms with Crippen molar-refractivity contribution in [2.75, 3.05) is 6.61 Å². The number of carbonyl (C=O) groups excluding carboxylic acids is 1. The highest BCUT2D eigenvalue weighted by atomic mass is 79.9. The maximum Gasteiger partial charge on any atom is 0.339 e. The minimum atomic E-state index is -0.556. The van der Waals surface area contributed by atoms with Crippen LogP contribution < -0.4 is 0 Å². The van der Waals surface area contributed by atoms with Crippen molar-refractivity contribution in [3.63, 3.8) is 0 Å². The Balaban J connectivity index is 2.76. The number of carbonyl (C=O) groups is 1. The van der Waals surface area contributed by atoms with E-state index >= 15 is 0 Å². The summed E-state index contributed by atoms with van der Waals surface area (Å²) in [5, 5.41) is 10.7. The molecule has 19 heavy (non-hydrogen) atoms. The Morgan fingerprint density at radius 3 is 2.58 bits per heavy atom. The predicted octanol–water partition coefficient (Wildman–Crippen LogP) is 3.95. The van der Waals surface area contributed by atoms with Crippen molar-refractivity contribution >= 4 is 27.6 Å². The van der Waals surface area contributed by atoms with Gasteiger partial charge in [-0.1, -0.05) is 20.8 Å². The van der Waals surface area contributed by atoms with Gasteiger partial charge in [0.2, 0.25) is 0 Å². The van der Waals surface area contributed by atoms with E-state index in [-0.39, 0.29) is 23.3 Å². The lowest BCUT2D eigenvalue weighted by Crippen LogP contribution is -2.13. The maximum atomic E-state index is 11.9. The Morgan fingerprint density at radius 1 is 1.42 bits per heavy atom. The van der Waals surface area contributed by atoms with Gasteiger partial charge in [0.1, 0.15) is 0 Å². The van der Waals surface area contributed by atoms with Crippen LogP contribution in [0.15, 0.2) is 22.7 Å². The number of nitro groups is 1. The van der Waals surface area contributed by atoms with E-state index in [0.717, 1.165) is 6.42 Å². The van der Waals surface area contributed by atoms with Crippen molar-refractivity contribution in [3.05, 3.63) is 38.3 Å². The minimum Gasteiger partial charge on any atom is -0.462 e. The van der Waals surface area contributed by atoms with E-state index in [9.17, 15) is 14.9 Å². The fraction of sp³-hybridized carbons (Fsp3) is 0.462. The van der Waals surface area contributed by atoms with Crippen molar-refractivity contribution in [2.24, 2.45) is 5.41 Å².